The Morgan fingerprint density at radius 1 is 1.44 bits per heavy atom. The highest BCUT2D eigenvalue weighted by molar-refractivity contribution is 5.94. The van der Waals surface area contributed by atoms with Gasteiger partial charge in [-0.05, 0) is 13.0 Å². The molecular formula is C11H8N2O5. The number of carbonyl (C=O) groups is 1. The van der Waals surface area contributed by atoms with Crippen molar-refractivity contribution in [3.63, 3.8) is 0 Å². The van der Waals surface area contributed by atoms with Gasteiger partial charge in [0.25, 0.3) is 5.69 Å². The van der Waals surface area contributed by atoms with Crippen molar-refractivity contribution in [1.29, 1.82) is 0 Å². The molecule has 1 heterocycles. The topological polar surface area (TPSA) is 113 Å². The summed E-state index contributed by atoms with van der Waals surface area (Å²) in [6.07, 6.45) is 0. The Morgan fingerprint density at radius 3 is 2.67 bits per heavy atom. The van der Waals surface area contributed by atoms with Crippen molar-refractivity contribution in [2.24, 2.45) is 0 Å². The minimum Gasteiger partial charge on any atom is -0.477 e. The summed E-state index contributed by atoms with van der Waals surface area (Å²) in [6.45, 7) is 1.46. The Bertz CT molecular complexity index is 732. The van der Waals surface area contributed by atoms with Crippen molar-refractivity contribution < 1.29 is 14.8 Å². The summed E-state index contributed by atoms with van der Waals surface area (Å²) in [6, 6.07) is 3.70. The molecule has 18 heavy (non-hydrogen) atoms. The highest BCUT2D eigenvalue weighted by atomic mass is 16.6. The van der Waals surface area contributed by atoms with Crippen LogP contribution in [0, 0.1) is 17.0 Å². The van der Waals surface area contributed by atoms with Gasteiger partial charge in [-0.1, -0.05) is 0 Å². The number of carboxylic acids is 1. The molecule has 2 aromatic rings. The summed E-state index contributed by atoms with van der Waals surface area (Å²) < 4.78 is 0. The molecule has 0 radical (unpaired) electrons. The molecule has 7 nitrogen and oxygen atoms in total. The van der Waals surface area contributed by atoms with Crippen LogP contribution in [0.4, 0.5) is 5.69 Å². The number of nitro groups is 1. The van der Waals surface area contributed by atoms with Crippen LogP contribution in [-0.4, -0.2) is 21.0 Å². The number of hydrogen-bond donors (Lipinski definition) is 2. The zero-order chi connectivity index (χ0) is 13.4. The Hall–Kier alpha value is -2.70. The summed E-state index contributed by atoms with van der Waals surface area (Å²) in [5.41, 5.74) is -0.796. The second-order valence-corrected chi connectivity index (χ2v) is 3.75. The van der Waals surface area contributed by atoms with Crippen LogP contribution in [0.3, 0.4) is 0 Å². The molecule has 7 heteroatoms. The van der Waals surface area contributed by atoms with Gasteiger partial charge in [-0.25, -0.2) is 4.79 Å². The maximum absolute atomic E-state index is 11.9. The number of benzene rings is 1. The number of carboxylic acid groups (broad SMARTS) is 1. The van der Waals surface area contributed by atoms with Crippen LogP contribution < -0.4 is 5.43 Å². The fourth-order valence-corrected chi connectivity index (χ4v) is 1.77. The first kappa shape index (κ1) is 11.8. The van der Waals surface area contributed by atoms with Gasteiger partial charge in [0, 0.05) is 23.3 Å². The van der Waals surface area contributed by atoms with Crippen LogP contribution in [0.5, 0.6) is 0 Å². The minimum atomic E-state index is -1.36. The summed E-state index contributed by atoms with van der Waals surface area (Å²) in [4.78, 5) is 35.6. The van der Waals surface area contributed by atoms with Gasteiger partial charge < -0.3 is 10.1 Å². The number of aryl methyl sites for hydroxylation is 1. The molecule has 0 aliphatic carbocycles. The maximum atomic E-state index is 11.9. The summed E-state index contributed by atoms with van der Waals surface area (Å²) in [7, 11) is 0. The lowest BCUT2D eigenvalue weighted by Gasteiger charge is -2.04. The van der Waals surface area contributed by atoms with Gasteiger partial charge in [-0.3, -0.25) is 14.9 Å². The third kappa shape index (κ3) is 1.71. The first-order chi connectivity index (χ1) is 8.41. The number of aromatic carboxylic acids is 1. The van der Waals surface area contributed by atoms with Gasteiger partial charge in [0.2, 0.25) is 5.43 Å². The minimum absolute atomic E-state index is 0.00722. The van der Waals surface area contributed by atoms with E-state index in [4.69, 9.17) is 5.11 Å². The highest BCUT2D eigenvalue weighted by Gasteiger charge is 2.17. The zero-order valence-corrected chi connectivity index (χ0v) is 9.26. The molecule has 0 saturated heterocycles. The van der Waals surface area contributed by atoms with E-state index in [-0.39, 0.29) is 16.8 Å². The first-order valence-corrected chi connectivity index (χ1v) is 4.96. The molecule has 0 atom stereocenters. The summed E-state index contributed by atoms with van der Waals surface area (Å²) in [5.74, 6) is -1.36. The largest absolute Gasteiger partial charge is 0.477 e. The van der Waals surface area contributed by atoms with Crippen molar-refractivity contribution >= 4 is 22.6 Å². The zero-order valence-electron chi connectivity index (χ0n) is 9.26. The average Bonchev–Trinajstić information content (AvgIpc) is 2.27. The molecule has 0 aliphatic rings. The van der Waals surface area contributed by atoms with E-state index in [1.54, 1.807) is 0 Å². The standard InChI is InChI=1S/C11H8N2O5/c1-5-9(11(15)16)10(14)7-4-6(13(17)18)2-3-8(7)12-5/h2-4H,1H3,(H,12,14)(H,15,16). The van der Waals surface area contributed by atoms with Crippen molar-refractivity contribution in [2.75, 3.05) is 0 Å². The number of hydrogen-bond acceptors (Lipinski definition) is 4. The quantitative estimate of drug-likeness (QED) is 0.616. The van der Waals surface area contributed by atoms with E-state index in [9.17, 15) is 19.7 Å². The number of nitrogens with one attached hydrogen (secondary N) is 1. The number of pyridine rings is 1. The summed E-state index contributed by atoms with van der Waals surface area (Å²) in [5, 5.41) is 19.5. The molecule has 0 spiro atoms. The second kappa shape index (κ2) is 3.95. The van der Waals surface area contributed by atoms with E-state index >= 15 is 0 Å². The van der Waals surface area contributed by atoms with Gasteiger partial charge in [0.15, 0.2) is 0 Å². The predicted octanol–water partition coefficient (Wildman–Crippen LogP) is 1.44. The van der Waals surface area contributed by atoms with Gasteiger partial charge >= 0.3 is 5.97 Å². The maximum Gasteiger partial charge on any atom is 0.341 e. The van der Waals surface area contributed by atoms with E-state index in [1.165, 1.54) is 19.1 Å². The van der Waals surface area contributed by atoms with Crippen molar-refractivity contribution in [3.05, 3.63) is 49.8 Å². The molecule has 2 rings (SSSR count). The monoisotopic (exact) mass is 248 g/mol. The highest BCUT2D eigenvalue weighted by Crippen LogP contribution is 2.18. The number of aromatic nitrogens is 1. The Labute approximate surface area is 99.8 Å². The Kier molecular flexibility index (Phi) is 2.59. The number of fused-ring (bicyclic) bond motifs is 1. The van der Waals surface area contributed by atoms with E-state index in [0.717, 1.165) is 6.07 Å². The molecule has 0 fully saturated rings. The number of aromatic amines is 1. The molecule has 1 aromatic carbocycles. The molecule has 0 bridgehead atoms. The third-order valence-corrected chi connectivity index (χ3v) is 2.60. The van der Waals surface area contributed by atoms with Crippen LogP contribution in [0.1, 0.15) is 16.1 Å². The Balaban J connectivity index is 2.90. The molecular weight excluding hydrogens is 240 g/mol. The van der Waals surface area contributed by atoms with Crippen molar-refractivity contribution in [1.82, 2.24) is 4.98 Å². The lowest BCUT2D eigenvalue weighted by molar-refractivity contribution is -0.384. The average molecular weight is 248 g/mol. The number of rotatable bonds is 2. The number of nitro benzene ring substituents is 1. The van der Waals surface area contributed by atoms with E-state index in [1.807, 2.05) is 0 Å². The molecule has 92 valence electrons. The van der Waals surface area contributed by atoms with Crippen LogP contribution in [0.15, 0.2) is 23.0 Å². The van der Waals surface area contributed by atoms with Gasteiger partial charge in [0.05, 0.1) is 10.3 Å². The molecule has 2 N–H and O–H groups in total. The van der Waals surface area contributed by atoms with Crippen molar-refractivity contribution in [2.45, 2.75) is 6.92 Å². The lowest BCUT2D eigenvalue weighted by Crippen LogP contribution is -2.18. The van der Waals surface area contributed by atoms with Crippen LogP contribution in [-0.2, 0) is 0 Å². The fourth-order valence-electron chi connectivity index (χ4n) is 1.77. The number of non-ortho nitro benzene ring substituents is 1. The number of nitrogens with zero attached hydrogens (tertiary/aromatic N) is 1. The lowest BCUT2D eigenvalue weighted by atomic mass is 10.1. The van der Waals surface area contributed by atoms with Crippen LogP contribution in [0.2, 0.25) is 0 Å². The SMILES string of the molecule is Cc1[nH]c2ccc([N+](=O)[O-])cc2c(=O)c1C(=O)O. The Morgan fingerprint density at radius 2 is 2.11 bits per heavy atom. The summed E-state index contributed by atoms with van der Waals surface area (Å²) >= 11 is 0. The molecule has 0 aliphatic heterocycles. The van der Waals surface area contributed by atoms with Crippen molar-refractivity contribution in [3.8, 4) is 0 Å². The normalized spacial score (nSPS) is 10.5. The molecule has 0 amide bonds. The number of H-pyrrole nitrogens is 1. The van der Waals surface area contributed by atoms with E-state index in [2.05, 4.69) is 4.98 Å². The fraction of sp³-hybridized carbons (Fsp3) is 0.0909. The van der Waals surface area contributed by atoms with E-state index in [0.29, 0.717) is 5.52 Å². The van der Waals surface area contributed by atoms with Crippen LogP contribution >= 0.6 is 0 Å². The first-order valence-electron chi connectivity index (χ1n) is 4.96. The predicted molar refractivity (Wildman–Crippen MR) is 62.9 cm³/mol. The molecule has 0 saturated carbocycles. The van der Waals surface area contributed by atoms with Gasteiger partial charge in [0.1, 0.15) is 5.56 Å². The second-order valence-electron chi connectivity index (χ2n) is 3.75. The molecule has 1 aromatic heterocycles. The third-order valence-electron chi connectivity index (χ3n) is 2.60. The molecule has 0 unspecified atom stereocenters. The smallest absolute Gasteiger partial charge is 0.341 e. The van der Waals surface area contributed by atoms with Crippen LogP contribution in [0.25, 0.3) is 10.9 Å². The van der Waals surface area contributed by atoms with Gasteiger partial charge in [-0.15, -0.1) is 0 Å². The van der Waals surface area contributed by atoms with E-state index < -0.39 is 21.9 Å². The van der Waals surface area contributed by atoms with Gasteiger partial charge in [-0.2, -0.15) is 0 Å².